The number of hydrogen-bond acceptors (Lipinski definition) is 3. The van der Waals surface area contributed by atoms with E-state index in [-0.39, 0.29) is 38.2 Å². The number of benzene rings is 2. The van der Waals surface area contributed by atoms with E-state index in [4.69, 9.17) is 4.98 Å². The van der Waals surface area contributed by atoms with Crippen molar-refractivity contribution in [3.05, 3.63) is 77.2 Å². The maximum absolute atomic E-state index is 12.2. The van der Waals surface area contributed by atoms with E-state index in [2.05, 4.69) is 63.2 Å². The molecule has 44 heavy (non-hydrogen) atoms. The van der Waals surface area contributed by atoms with E-state index >= 15 is 0 Å². The number of halogens is 3. The summed E-state index contributed by atoms with van der Waals surface area (Å²) in [5.41, 5.74) is 6.28. The van der Waals surface area contributed by atoms with Crippen molar-refractivity contribution in [2.45, 2.75) is 111 Å². The number of hydrogen-bond donors (Lipinski definition) is 1. The largest absolute Gasteiger partial charge is 0.512 e. The van der Waals surface area contributed by atoms with Gasteiger partial charge in [0.25, 0.3) is 0 Å². The van der Waals surface area contributed by atoms with Gasteiger partial charge in [-0.05, 0) is 72.0 Å². The minimum atomic E-state index is -4.35. The van der Waals surface area contributed by atoms with Crippen LogP contribution >= 0.6 is 0 Å². The Balaban J connectivity index is 0.000000319. The van der Waals surface area contributed by atoms with Gasteiger partial charge in [0.15, 0.2) is 5.78 Å². The second-order valence-electron chi connectivity index (χ2n) is 12.2. The molecule has 1 unspecified atom stereocenters. The van der Waals surface area contributed by atoms with E-state index < -0.39 is 24.3 Å². The van der Waals surface area contributed by atoms with E-state index in [1.807, 2.05) is 20.0 Å². The van der Waals surface area contributed by atoms with Gasteiger partial charge in [0, 0.05) is 44.2 Å². The van der Waals surface area contributed by atoms with Crippen LogP contribution in [0, 0.1) is 24.8 Å². The fourth-order valence-electron chi connectivity index (χ4n) is 5.95. The van der Waals surface area contributed by atoms with Crippen molar-refractivity contribution < 1.29 is 43.2 Å². The Morgan fingerprint density at radius 1 is 1.02 bits per heavy atom. The fraction of sp³-hybridized carbons (Fsp3) is 0.514. The van der Waals surface area contributed by atoms with Crippen LogP contribution in [-0.2, 0) is 24.9 Å². The normalized spacial score (nSPS) is 14.8. The van der Waals surface area contributed by atoms with E-state index in [1.54, 1.807) is 0 Å². The molecule has 0 aliphatic heterocycles. The molecule has 0 amide bonds. The summed E-state index contributed by atoms with van der Waals surface area (Å²) in [6, 6.07) is 17.1. The molecule has 1 aliphatic carbocycles. The second-order valence-corrected chi connectivity index (χ2v) is 12.2. The first-order chi connectivity index (χ1) is 20.4. The van der Waals surface area contributed by atoms with Gasteiger partial charge in [-0.15, -0.1) is 34.9 Å². The molecule has 0 spiro atoms. The number of alkyl halides is 3. The van der Waals surface area contributed by atoms with Crippen molar-refractivity contribution in [2.24, 2.45) is 11.8 Å². The Kier molecular flexibility index (Phi) is 14.8. The molecule has 0 bridgehead atoms. The number of aromatic nitrogens is 1. The number of aliphatic hydroxyl groups is 1. The maximum Gasteiger partial charge on any atom is 0.389 e. The zero-order valence-corrected chi connectivity index (χ0v) is 29.3. The molecule has 1 fully saturated rings. The third kappa shape index (κ3) is 10.5. The summed E-state index contributed by atoms with van der Waals surface area (Å²) in [6.07, 6.45) is 4.22. The molecule has 7 heteroatoms. The number of nitrogens with zero attached hydrogens (tertiary/aromatic N) is 1. The van der Waals surface area contributed by atoms with Crippen LogP contribution in [0.25, 0.3) is 22.0 Å². The zero-order chi connectivity index (χ0) is 31.7. The van der Waals surface area contributed by atoms with Crippen LogP contribution in [0.5, 0.6) is 0 Å². The van der Waals surface area contributed by atoms with Crippen LogP contribution in [0.4, 0.5) is 13.2 Å². The number of aliphatic hydroxyl groups excluding tert-OH is 1. The van der Waals surface area contributed by atoms with Crippen LogP contribution in [0.1, 0.15) is 115 Å². The zero-order valence-electron chi connectivity index (χ0n) is 26.9. The summed E-state index contributed by atoms with van der Waals surface area (Å²) in [6.45, 7) is 11.9. The van der Waals surface area contributed by atoms with Gasteiger partial charge in [-0.3, -0.25) is 4.79 Å². The smallest absolute Gasteiger partial charge is 0.389 e. The van der Waals surface area contributed by atoms with Gasteiger partial charge >= 0.3 is 6.18 Å². The molecule has 1 aromatic heterocycles. The Morgan fingerprint density at radius 2 is 1.66 bits per heavy atom. The Hall–Kier alpha value is -2.50. The molecule has 1 atom stereocenters. The molecule has 1 heterocycles. The average Bonchev–Trinajstić information content (AvgIpc) is 3.51. The second kappa shape index (κ2) is 17.3. The van der Waals surface area contributed by atoms with Gasteiger partial charge in [0.1, 0.15) is 0 Å². The number of carbonyl (C=O) groups excluding carboxylic acids is 1. The quantitative estimate of drug-likeness (QED) is 0.127. The summed E-state index contributed by atoms with van der Waals surface area (Å²) in [7, 11) is 0. The molecule has 3 nitrogen and oxygen atoms in total. The molecule has 243 valence electrons. The van der Waals surface area contributed by atoms with Crippen LogP contribution in [0.15, 0.2) is 54.4 Å². The number of fused-ring (bicyclic) bond motifs is 1. The molecule has 1 radical (unpaired) electrons. The van der Waals surface area contributed by atoms with Crippen molar-refractivity contribution in [3.63, 3.8) is 0 Å². The van der Waals surface area contributed by atoms with E-state index in [9.17, 15) is 23.1 Å². The first-order valence-electron chi connectivity index (χ1n) is 15.8. The molecule has 1 saturated carbocycles. The minimum Gasteiger partial charge on any atom is -0.512 e. The van der Waals surface area contributed by atoms with E-state index in [1.165, 1.54) is 60.1 Å². The number of aryl methyl sites for hydroxylation is 1. The van der Waals surface area contributed by atoms with Gasteiger partial charge in [0.2, 0.25) is 0 Å². The summed E-state index contributed by atoms with van der Waals surface area (Å²) in [4.78, 5) is 16.4. The van der Waals surface area contributed by atoms with Crippen LogP contribution in [0.2, 0.25) is 0 Å². The topological polar surface area (TPSA) is 50.2 Å². The number of carbonyl (C=O) groups is 1. The third-order valence-corrected chi connectivity index (χ3v) is 8.63. The average molecular weight is 787 g/mol. The van der Waals surface area contributed by atoms with E-state index in [0.717, 1.165) is 23.3 Å². The number of rotatable bonds is 10. The molecule has 1 N–H and O–H groups in total. The Morgan fingerprint density at radius 3 is 2.23 bits per heavy atom. The standard InChI is InChI=1S/C24H26N.C13H21F3O2.Ir/c1-16(2)19-8-9-23-20(14-19)10-11-25-24(23)22-13-17(3)12-21(15-22)18-6-4-5-7-18;1-4-9(5-2)11(17)7-12(18)10(6-3)8-13(14,15)16;/h8-12,14-16,18H,4-7H2,1-3H3;7,9-10,17H,4-6,8H2,1-3H3;/q-1;;/b;11-7-;. The van der Waals surface area contributed by atoms with Gasteiger partial charge in [-0.25, -0.2) is 0 Å². The van der Waals surface area contributed by atoms with Gasteiger partial charge in [0.05, 0.1) is 12.2 Å². The first-order valence-corrected chi connectivity index (χ1v) is 15.8. The molecule has 4 rings (SSSR count). The molecule has 0 saturated heterocycles. The molecular formula is C37H47F3IrNO2-. The Bertz CT molecular complexity index is 1390. The van der Waals surface area contributed by atoms with Crippen molar-refractivity contribution in [1.82, 2.24) is 4.98 Å². The number of allylic oxidation sites excluding steroid dienone is 2. The van der Waals surface area contributed by atoms with Crippen molar-refractivity contribution in [1.29, 1.82) is 0 Å². The molecule has 1 aliphatic rings. The third-order valence-electron chi connectivity index (χ3n) is 8.63. The van der Waals surface area contributed by atoms with Crippen LogP contribution in [0.3, 0.4) is 0 Å². The summed E-state index contributed by atoms with van der Waals surface area (Å²) in [5.74, 6) is -0.737. The van der Waals surface area contributed by atoms with Crippen molar-refractivity contribution in [3.8, 4) is 11.3 Å². The summed E-state index contributed by atoms with van der Waals surface area (Å²) in [5, 5.41) is 12.2. The maximum atomic E-state index is 12.2. The van der Waals surface area contributed by atoms with E-state index in [0.29, 0.717) is 18.8 Å². The monoisotopic (exact) mass is 787 g/mol. The van der Waals surface area contributed by atoms with Crippen LogP contribution < -0.4 is 0 Å². The Labute approximate surface area is 275 Å². The molecule has 2 aromatic carbocycles. The summed E-state index contributed by atoms with van der Waals surface area (Å²) < 4.78 is 36.7. The first kappa shape index (κ1) is 37.7. The summed E-state index contributed by atoms with van der Waals surface area (Å²) >= 11 is 0. The predicted molar refractivity (Wildman–Crippen MR) is 170 cm³/mol. The predicted octanol–water partition coefficient (Wildman–Crippen LogP) is 11.2. The van der Waals surface area contributed by atoms with Gasteiger partial charge in [-0.1, -0.05) is 72.6 Å². The molecule has 3 aromatic rings. The van der Waals surface area contributed by atoms with Gasteiger partial charge < -0.3 is 10.1 Å². The van der Waals surface area contributed by atoms with Crippen molar-refractivity contribution in [2.75, 3.05) is 0 Å². The SMILES string of the molecule is CCC(CC(F)(F)F)C(=O)/C=C(\O)C(CC)CC.Cc1[c-]c(-c2nccc3cc(C(C)C)ccc23)cc(C2CCCC2)c1.[Ir]. The molecular weight excluding hydrogens is 740 g/mol. The minimum absolute atomic E-state index is 0. The van der Waals surface area contributed by atoms with Gasteiger partial charge in [-0.2, -0.15) is 13.2 Å². The van der Waals surface area contributed by atoms with Crippen molar-refractivity contribution >= 4 is 16.6 Å². The number of ketones is 1. The fourth-order valence-corrected chi connectivity index (χ4v) is 5.95. The number of pyridine rings is 1. The van der Waals surface area contributed by atoms with Crippen LogP contribution in [-0.4, -0.2) is 22.1 Å².